The topological polar surface area (TPSA) is 12.0 Å². The molecule has 3 rings (SSSR count). The Hall–Kier alpha value is -0.900. The molecule has 1 aromatic heterocycles. The lowest BCUT2D eigenvalue weighted by Crippen LogP contribution is -2.21. The fraction of sp³-hybridized carbons (Fsp3) is 0.231. The summed E-state index contributed by atoms with van der Waals surface area (Å²) in [6, 6.07) is 7.10. The quantitative estimate of drug-likeness (QED) is 0.827. The van der Waals surface area contributed by atoms with Gasteiger partial charge in [0.1, 0.15) is 5.82 Å². The van der Waals surface area contributed by atoms with E-state index in [1.54, 1.807) is 23.5 Å². The van der Waals surface area contributed by atoms with Crippen molar-refractivity contribution in [3.8, 4) is 10.4 Å². The van der Waals surface area contributed by atoms with Gasteiger partial charge in [-0.25, -0.2) is 4.39 Å². The van der Waals surface area contributed by atoms with Crippen LogP contribution in [-0.2, 0) is 13.0 Å². The Balaban J connectivity index is 2.03. The molecule has 2 heterocycles. The van der Waals surface area contributed by atoms with Crippen molar-refractivity contribution < 1.29 is 4.39 Å². The Kier molecular flexibility index (Phi) is 2.90. The van der Waals surface area contributed by atoms with E-state index in [0.29, 0.717) is 0 Å². The number of nitrogens with one attached hydrogen (secondary N) is 1. The average molecular weight is 268 g/mol. The molecule has 1 aromatic carbocycles. The molecule has 0 aliphatic carbocycles. The normalized spacial score (nSPS) is 14.7. The molecular weight excluding hydrogens is 257 g/mol. The molecule has 0 bridgehead atoms. The molecular formula is C13H11ClFNS. The molecule has 0 saturated heterocycles. The second-order valence-electron chi connectivity index (χ2n) is 4.11. The maximum absolute atomic E-state index is 13.1. The smallest absolute Gasteiger partial charge is 0.141 e. The summed E-state index contributed by atoms with van der Waals surface area (Å²) in [6.45, 7) is 1.97. The number of hydrogen-bond donors (Lipinski definition) is 1. The lowest BCUT2D eigenvalue weighted by molar-refractivity contribution is 0.628. The fourth-order valence-corrected chi connectivity index (χ4v) is 3.40. The van der Waals surface area contributed by atoms with Gasteiger partial charge in [-0.2, -0.15) is 0 Å². The van der Waals surface area contributed by atoms with E-state index >= 15 is 0 Å². The van der Waals surface area contributed by atoms with Gasteiger partial charge in [0.05, 0.1) is 5.02 Å². The summed E-state index contributed by atoms with van der Waals surface area (Å²) < 4.78 is 13.1. The van der Waals surface area contributed by atoms with Crippen molar-refractivity contribution in [2.75, 3.05) is 6.54 Å². The van der Waals surface area contributed by atoms with Gasteiger partial charge in [0.15, 0.2) is 0 Å². The minimum atomic E-state index is -0.363. The molecule has 1 aliphatic heterocycles. The summed E-state index contributed by atoms with van der Waals surface area (Å²) in [5, 5.41) is 3.54. The van der Waals surface area contributed by atoms with Crippen LogP contribution in [0.4, 0.5) is 4.39 Å². The molecule has 1 N–H and O–H groups in total. The van der Waals surface area contributed by atoms with Crippen molar-refractivity contribution in [3.05, 3.63) is 45.5 Å². The van der Waals surface area contributed by atoms with Crippen LogP contribution in [-0.4, -0.2) is 6.54 Å². The molecule has 0 atom stereocenters. The van der Waals surface area contributed by atoms with Crippen LogP contribution >= 0.6 is 22.9 Å². The second kappa shape index (κ2) is 4.41. The van der Waals surface area contributed by atoms with Gasteiger partial charge in [0.25, 0.3) is 0 Å². The van der Waals surface area contributed by atoms with Crippen LogP contribution in [0.3, 0.4) is 0 Å². The van der Waals surface area contributed by atoms with E-state index in [9.17, 15) is 4.39 Å². The summed E-state index contributed by atoms with van der Waals surface area (Å²) in [5.74, 6) is -0.363. The molecule has 0 spiro atoms. The SMILES string of the molecule is Fc1ccc(-c2cc3c(s2)CNCC3)cc1Cl. The van der Waals surface area contributed by atoms with Crippen molar-refractivity contribution in [3.63, 3.8) is 0 Å². The van der Waals surface area contributed by atoms with Gasteiger partial charge in [-0.15, -0.1) is 11.3 Å². The number of halogens is 2. The van der Waals surface area contributed by atoms with Crippen LogP contribution in [0.5, 0.6) is 0 Å². The number of hydrogen-bond acceptors (Lipinski definition) is 2. The second-order valence-corrected chi connectivity index (χ2v) is 5.66. The average Bonchev–Trinajstić information content (AvgIpc) is 2.76. The molecule has 1 nitrogen and oxygen atoms in total. The van der Waals surface area contributed by atoms with E-state index in [1.807, 2.05) is 0 Å². The van der Waals surface area contributed by atoms with Crippen LogP contribution in [0.15, 0.2) is 24.3 Å². The zero-order valence-corrected chi connectivity index (χ0v) is 10.7. The lowest BCUT2D eigenvalue weighted by atomic mass is 10.1. The highest BCUT2D eigenvalue weighted by Crippen LogP contribution is 2.34. The summed E-state index contributed by atoms with van der Waals surface area (Å²) >= 11 is 7.57. The Morgan fingerprint density at radius 3 is 2.94 bits per heavy atom. The Morgan fingerprint density at radius 1 is 1.29 bits per heavy atom. The first-order chi connectivity index (χ1) is 8.24. The molecule has 0 saturated carbocycles. The van der Waals surface area contributed by atoms with Gasteiger partial charge in [0, 0.05) is 16.3 Å². The van der Waals surface area contributed by atoms with Crippen LogP contribution < -0.4 is 5.32 Å². The van der Waals surface area contributed by atoms with Crippen LogP contribution in [0.1, 0.15) is 10.4 Å². The summed E-state index contributed by atoms with van der Waals surface area (Å²) in [4.78, 5) is 2.55. The van der Waals surface area contributed by atoms with Crippen molar-refractivity contribution >= 4 is 22.9 Å². The third kappa shape index (κ3) is 2.10. The lowest BCUT2D eigenvalue weighted by Gasteiger charge is -2.10. The van der Waals surface area contributed by atoms with E-state index in [-0.39, 0.29) is 10.8 Å². The summed E-state index contributed by atoms with van der Waals surface area (Å²) in [5.41, 5.74) is 2.40. The highest BCUT2D eigenvalue weighted by molar-refractivity contribution is 7.15. The molecule has 2 aromatic rings. The van der Waals surface area contributed by atoms with E-state index < -0.39 is 0 Å². The van der Waals surface area contributed by atoms with Gasteiger partial charge in [0.2, 0.25) is 0 Å². The summed E-state index contributed by atoms with van der Waals surface area (Å²) in [7, 11) is 0. The predicted octanol–water partition coefficient (Wildman–Crippen LogP) is 3.85. The maximum atomic E-state index is 13.1. The molecule has 88 valence electrons. The summed E-state index contributed by atoms with van der Waals surface area (Å²) in [6.07, 6.45) is 1.07. The molecule has 0 unspecified atom stereocenters. The third-order valence-corrected chi connectivity index (χ3v) is 4.47. The molecule has 0 fully saturated rings. The van der Waals surface area contributed by atoms with Gasteiger partial charge in [-0.3, -0.25) is 0 Å². The molecule has 4 heteroatoms. The van der Waals surface area contributed by atoms with Gasteiger partial charge < -0.3 is 5.32 Å². The van der Waals surface area contributed by atoms with E-state index in [0.717, 1.165) is 25.1 Å². The monoisotopic (exact) mass is 267 g/mol. The first-order valence-electron chi connectivity index (χ1n) is 5.52. The molecule has 0 amide bonds. The Labute approximate surface area is 108 Å². The fourth-order valence-electron chi connectivity index (χ4n) is 2.04. The van der Waals surface area contributed by atoms with Crippen molar-refractivity contribution in [1.82, 2.24) is 5.32 Å². The standard InChI is InChI=1S/C13H11ClFNS/c14-10-5-8(1-2-11(10)15)12-6-9-3-4-16-7-13(9)17-12/h1-2,5-6,16H,3-4,7H2. The van der Waals surface area contributed by atoms with Crippen molar-refractivity contribution in [1.29, 1.82) is 0 Å². The zero-order chi connectivity index (χ0) is 11.8. The number of thiophene rings is 1. The maximum Gasteiger partial charge on any atom is 0.141 e. The number of rotatable bonds is 1. The van der Waals surface area contributed by atoms with Crippen molar-refractivity contribution in [2.45, 2.75) is 13.0 Å². The minimum Gasteiger partial charge on any atom is -0.312 e. The minimum absolute atomic E-state index is 0.187. The predicted molar refractivity (Wildman–Crippen MR) is 70.1 cm³/mol. The van der Waals surface area contributed by atoms with Crippen molar-refractivity contribution in [2.24, 2.45) is 0 Å². The number of benzene rings is 1. The molecule has 0 radical (unpaired) electrons. The highest BCUT2D eigenvalue weighted by Gasteiger charge is 2.14. The highest BCUT2D eigenvalue weighted by atomic mass is 35.5. The van der Waals surface area contributed by atoms with Gasteiger partial charge in [-0.1, -0.05) is 17.7 Å². The molecule has 1 aliphatic rings. The molecule has 17 heavy (non-hydrogen) atoms. The largest absolute Gasteiger partial charge is 0.312 e. The van der Waals surface area contributed by atoms with Crippen LogP contribution in [0.25, 0.3) is 10.4 Å². The number of fused-ring (bicyclic) bond motifs is 1. The first-order valence-corrected chi connectivity index (χ1v) is 6.71. The van der Waals surface area contributed by atoms with E-state index in [2.05, 4.69) is 11.4 Å². The zero-order valence-electron chi connectivity index (χ0n) is 9.09. The van der Waals surface area contributed by atoms with Gasteiger partial charge >= 0.3 is 0 Å². The third-order valence-electron chi connectivity index (χ3n) is 2.96. The van der Waals surface area contributed by atoms with Crippen LogP contribution in [0.2, 0.25) is 5.02 Å². The first kappa shape index (κ1) is 11.2. The Morgan fingerprint density at radius 2 is 2.18 bits per heavy atom. The van der Waals surface area contributed by atoms with Crippen LogP contribution in [0, 0.1) is 5.82 Å². The van der Waals surface area contributed by atoms with E-state index in [4.69, 9.17) is 11.6 Å². The van der Waals surface area contributed by atoms with E-state index in [1.165, 1.54) is 21.4 Å². The van der Waals surface area contributed by atoms with Gasteiger partial charge in [-0.05, 0) is 42.3 Å². The Bertz CT molecular complexity index is 541.